The van der Waals surface area contributed by atoms with E-state index in [1.165, 1.54) is 0 Å². The number of hydrogen-bond donors (Lipinski definition) is 1. The predicted molar refractivity (Wildman–Crippen MR) is 88.4 cm³/mol. The van der Waals surface area contributed by atoms with Gasteiger partial charge in [-0.25, -0.2) is 0 Å². The number of carbonyl (C=O) groups is 1. The molecule has 2 aromatic rings. The SMILES string of the molecule is COc1cc(C(=O)Nc2ccc(C)cc2Cl)cc(OC)c1C. The third-order valence-corrected chi connectivity index (χ3v) is 3.70. The summed E-state index contributed by atoms with van der Waals surface area (Å²) in [6, 6.07) is 8.81. The van der Waals surface area contributed by atoms with Gasteiger partial charge in [0.15, 0.2) is 0 Å². The van der Waals surface area contributed by atoms with Crippen LogP contribution >= 0.6 is 11.6 Å². The quantitative estimate of drug-likeness (QED) is 0.917. The Kier molecular flexibility index (Phi) is 4.93. The number of anilines is 1. The molecule has 0 saturated heterocycles. The van der Waals surface area contributed by atoms with Gasteiger partial charge < -0.3 is 14.8 Å². The lowest BCUT2D eigenvalue weighted by Gasteiger charge is -2.13. The van der Waals surface area contributed by atoms with E-state index in [9.17, 15) is 4.79 Å². The second-order valence-electron chi connectivity index (χ2n) is 4.94. The molecule has 0 radical (unpaired) electrons. The van der Waals surface area contributed by atoms with Gasteiger partial charge in [0.1, 0.15) is 11.5 Å². The number of hydrogen-bond acceptors (Lipinski definition) is 3. The lowest BCUT2D eigenvalue weighted by Crippen LogP contribution is -2.13. The van der Waals surface area contributed by atoms with Crippen molar-refractivity contribution >= 4 is 23.2 Å². The summed E-state index contributed by atoms with van der Waals surface area (Å²) in [6.07, 6.45) is 0. The van der Waals surface area contributed by atoms with Gasteiger partial charge in [0.05, 0.1) is 24.9 Å². The van der Waals surface area contributed by atoms with Gasteiger partial charge in [-0.05, 0) is 43.7 Å². The molecule has 116 valence electrons. The monoisotopic (exact) mass is 319 g/mol. The summed E-state index contributed by atoms with van der Waals surface area (Å²) in [7, 11) is 3.11. The van der Waals surface area contributed by atoms with Crippen molar-refractivity contribution in [2.75, 3.05) is 19.5 Å². The lowest BCUT2D eigenvalue weighted by atomic mass is 10.1. The number of nitrogens with one attached hydrogen (secondary N) is 1. The van der Waals surface area contributed by atoms with Crippen molar-refractivity contribution in [1.82, 2.24) is 0 Å². The van der Waals surface area contributed by atoms with Gasteiger partial charge in [-0.2, -0.15) is 0 Å². The van der Waals surface area contributed by atoms with Crippen LogP contribution in [0, 0.1) is 13.8 Å². The first-order valence-electron chi connectivity index (χ1n) is 6.76. The summed E-state index contributed by atoms with van der Waals surface area (Å²) in [5, 5.41) is 3.29. The molecule has 0 aliphatic heterocycles. The molecule has 0 spiro atoms. The van der Waals surface area contributed by atoms with E-state index in [1.807, 2.05) is 19.9 Å². The molecule has 0 unspecified atom stereocenters. The van der Waals surface area contributed by atoms with Crippen LogP contribution < -0.4 is 14.8 Å². The molecule has 1 amide bonds. The van der Waals surface area contributed by atoms with Crippen molar-refractivity contribution < 1.29 is 14.3 Å². The van der Waals surface area contributed by atoms with E-state index < -0.39 is 0 Å². The van der Waals surface area contributed by atoms with Crippen LogP contribution in [-0.2, 0) is 0 Å². The molecule has 1 N–H and O–H groups in total. The van der Waals surface area contributed by atoms with Gasteiger partial charge in [-0.1, -0.05) is 17.7 Å². The molecule has 2 rings (SSSR count). The van der Waals surface area contributed by atoms with Gasteiger partial charge in [-0.15, -0.1) is 0 Å². The normalized spacial score (nSPS) is 10.2. The first-order valence-corrected chi connectivity index (χ1v) is 7.14. The number of halogens is 1. The highest BCUT2D eigenvalue weighted by Crippen LogP contribution is 2.30. The lowest BCUT2D eigenvalue weighted by molar-refractivity contribution is 0.102. The summed E-state index contributed by atoms with van der Waals surface area (Å²) in [6.45, 7) is 3.81. The zero-order valence-electron chi connectivity index (χ0n) is 13.0. The van der Waals surface area contributed by atoms with Gasteiger partial charge in [-0.3, -0.25) is 4.79 Å². The molecule has 4 nitrogen and oxygen atoms in total. The van der Waals surface area contributed by atoms with Crippen molar-refractivity contribution in [3.8, 4) is 11.5 Å². The van der Waals surface area contributed by atoms with Crippen LogP contribution in [-0.4, -0.2) is 20.1 Å². The second kappa shape index (κ2) is 6.71. The average molecular weight is 320 g/mol. The van der Waals surface area contributed by atoms with Crippen LogP contribution in [0.1, 0.15) is 21.5 Å². The van der Waals surface area contributed by atoms with E-state index in [4.69, 9.17) is 21.1 Å². The minimum Gasteiger partial charge on any atom is -0.496 e. The maximum Gasteiger partial charge on any atom is 0.255 e. The summed E-state index contributed by atoms with van der Waals surface area (Å²) in [4.78, 5) is 12.4. The Bertz CT molecular complexity index is 688. The fourth-order valence-corrected chi connectivity index (χ4v) is 2.42. The number of ether oxygens (including phenoxy) is 2. The molecule has 22 heavy (non-hydrogen) atoms. The Morgan fingerprint density at radius 2 is 1.64 bits per heavy atom. The molecule has 0 aliphatic carbocycles. The Morgan fingerprint density at radius 1 is 1.05 bits per heavy atom. The largest absolute Gasteiger partial charge is 0.496 e. The standard InChI is InChI=1S/C17H18ClNO3/c1-10-5-6-14(13(18)7-10)19-17(20)12-8-15(21-3)11(2)16(9-12)22-4/h5-9H,1-4H3,(H,19,20). The van der Waals surface area contributed by atoms with E-state index in [-0.39, 0.29) is 5.91 Å². The van der Waals surface area contributed by atoms with E-state index in [0.717, 1.165) is 11.1 Å². The first-order chi connectivity index (χ1) is 10.5. The third-order valence-electron chi connectivity index (χ3n) is 3.39. The zero-order valence-corrected chi connectivity index (χ0v) is 13.7. The highest BCUT2D eigenvalue weighted by molar-refractivity contribution is 6.34. The van der Waals surface area contributed by atoms with Crippen LogP contribution in [0.2, 0.25) is 5.02 Å². The van der Waals surface area contributed by atoms with Crippen LogP contribution in [0.15, 0.2) is 30.3 Å². The van der Waals surface area contributed by atoms with Crippen LogP contribution in [0.25, 0.3) is 0 Å². The molecule has 0 fully saturated rings. The Labute approximate surface area is 135 Å². The maximum absolute atomic E-state index is 12.4. The first kappa shape index (κ1) is 16.2. The molecular weight excluding hydrogens is 302 g/mol. The molecule has 0 bridgehead atoms. The van der Waals surface area contributed by atoms with Gasteiger partial charge in [0.2, 0.25) is 0 Å². The minimum absolute atomic E-state index is 0.276. The van der Waals surface area contributed by atoms with E-state index >= 15 is 0 Å². The van der Waals surface area contributed by atoms with Crippen molar-refractivity contribution in [2.24, 2.45) is 0 Å². The number of carbonyl (C=O) groups excluding carboxylic acids is 1. The van der Waals surface area contributed by atoms with E-state index in [0.29, 0.717) is 27.8 Å². The molecule has 0 atom stereocenters. The van der Waals surface area contributed by atoms with Crippen LogP contribution in [0.5, 0.6) is 11.5 Å². The summed E-state index contributed by atoms with van der Waals surface area (Å²) >= 11 is 6.14. The fraction of sp³-hybridized carbons (Fsp3) is 0.235. The molecule has 0 aliphatic rings. The van der Waals surface area contributed by atoms with Crippen molar-refractivity contribution in [2.45, 2.75) is 13.8 Å². The van der Waals surface area contributed by atoms with E-state index in [2.05, 4.69) is 5.32 Å². The third kappa shape index (κ3) is 3.34. The Morgan fingerprint density at radius 3 is 2.14 bits per heavy atom. The summed E-state index contributed by atoms with van der Waals surface area (Å²) in [5.74, 6) is 0.918. The van der Waals surface area contributed by atoms with Gasteiger partial charge in [0.25, 0.3) is 5.91 Å². The Hall–Kier alpha value is -2.20. The molecule has 0 heterocycles. The topological polar surface area (TPSA) is 47.6 Å². The fourth-order valence-electron chi connectivity index (χ4n) is 2.13. The average Bonchev–Trinajstić information content (AvgIpc) is 2.50. The van der Waals surface area contributed by atoms with E-state index in [1.54, 1.807) is 38.5 Å². The summed E-state index contributed by atoms with van der Waals surface area (Å²) < 4.78 is 10.6. The number of rotatable bonds is 4. The molecule has 5 heteroatoms. The van der Waals surface area contributed by atoms with Gasteiger partial charge in [0, 0.05) is 11.1 Å². The number of benzene rings is 2. The summed E-state index contributed by atoms with van der Waals surface area (Å²) in [5.41, 5.74) is 2.88. The number of amides is 1. The number of aryl methyl sites for hydroxylation is 1. The molecule has 2 aromatic carbocycles. The van der Waals surface area contributed by atoms with Crippen molar-refractivity contribution in [1.29, 1.82) is 0 Å². The maximum atomic E-state index is 12.4. The molecule has 0 aromatic heterocycles. The smallest absolute Gasteiger partial charge is 0.255 e. The molecule has 0 saturated carbocycles. The highest BCUT2D eigenvalue weighted by Gasteiger charge is 2.14. The minimum atomic E-state index is -0.276. The van der Waals surface area contributed by atoms with Crippen LogP contribution in [0.3, 0.4) is 0 Å². The van der Waals surface area contributed by atoms with Gasteiger partial charge >= 0.3 is 0 Å². The number of methoxy groups -OCH3 is 2. The highest BCUT2D eigenvalue weighted by atomic mass is 35.5. The second-order valence-corrected chi connectivity index (χ2v) is 5.35. The predicted octanol–water partition coefficient (Wildman–Crippen LogP) is 4.23. The zero-order chi connectivity index (χ0) is 16.3. The van der Waals surface area contributed by atoms with Crippen molar-refractivity contribution in [3.05, 3.63) is 52.0 Å². The van der Waals surface area contributed by atoms with Crippen molar-refractivity contribution in [3.63, 3.8) is 0 Å². The Balaban J connectivity index is 2.33. The van der Waals surface area contributed by atoms with Crippen LogP contribution in [0.4, 0.5) is 5.69 Å². The molecular formula is C17H18ClNO3.